The van der Waals surface area contributed by atoms with Gasteiger partial charge in [0.05, 0.1) is 6.61 Å². The van der Waals surface area contributed by atoms with Crippen molar-refractivity contribution in [3.63, 3.8) is 0 Å². The van der Waals surface area contributed by atoms with Crippen LogP contribution in [-0.4, -0.2) is 29.2 Å². The Labute approximate surface area is 147 Å². The van der Waals surface area contributed by atoms with E-state index in [1.165, 1.54) is 0 Å². The Kier molecular flexibility index (Phi) is 6.69. The van der Waals surface area contributed by atoms with Crippen LogP contribution in [0.2, 0.25) is 0 Å². The number of ether oxygens (including phenoxy) is 1. The van der Waals surface area contributed by atoms with Crippen LogP contribution in [0.3, 0.4) is 0 Å². The van der Waals surface area contributed by atoms with Gasteiger partial charge in [0.25, 0.3) is 0 Å². The summed E-state index contributed by atoms with van der Waals surface area (Å²) in [5.74, 6) is -2.75. The van der Waals surface area contributed by atoms with E-state index in [1.807, 2.05) is 37.3 Å². The number of ketones is 2. The molecule has 25 heavy (non-hydrogen) atoms. The summed E-state index contributed by atoms with van der Waals surface area (Å²) in [4.78, 5) is 36.6. The fourth-order valence-electron chi connectivity index (χ4n) is 2.67. The Morgan fingerprint density at radius 1 is 1.08 bits per heavy atom. The van der Waals surface area contributed by atoms with E-state index in [4.69, 9.17) is 4.74 Å². The first-order valence-corrected chi connectivity index (χ1v) is 8.48. The van der Waals surface area contributed by atoms with Crippen molar-refractivity contribution in [3.05, 3.63) is 58.9 Å². The summed E-state index contributed by atoms with van der Waals surface area (Å²) in [7, 11) is 0. The number of carbonyl (C=O) groups is 3. The maximum atomic E-state index is 12.3. The number of hydrogen-bond donors (Lipinski definition) is 1. The number of unbranched alkanes of at least 4 members (excludes halogenated alkanes) is 2. The molecule has 1 N–H and O–H groups in total. The van der Waals surface area contributed by atoms with Crippen LogP contribution in [0.4, 0.5) is 0 Å². The van der Waals surface area contributed by atoms with Gasteiger partial charge in [0.1, 0.15) is 5.57 Å². The third-order valence-corrected chi connectivity index (χ3v) is 4.02. The zero-order valence-electron chi connectivity index (χ0n) is 14.3. The smallest absolute Gasteiger partial charge is 0.342 e. The van der Waals surface area contributed by atoms with Gasteiger partial charge in [0.15, 0.2) is 11.5 Å². The Bertz CT molecular complexity index is 713. The second kappa shape index (κ2) is 8.97. The Balaban J connectivity index is 2.08. The van der Waals surface area contributed by atoms with Gasteiger partial charge in [-0.1, -0.05) is 50.1 Å². The molecule has 0 spiro atoms. The molecule has 0 unspecified atom stereocenters. The average Bonchev–Trinajstić information content (AvgIpc) is 2.60. The molecule has 0 amide bonds. The summed E-state index contributed by atoms with van der Waals surface area (Å²) in [6, 6.07) is 9.51. The van der Waals surface area contributed by atoms with E-state index in [9.17, 15) is 19.5 Å². The van der Waals surface area contributed by atoms with Gasteiger partial charge in [-0.25, -0.2) is 4.79 Å². The van der Waals surface area contributed by atoms with Gasteiger partial charge in [0, 0.05) is 18.1 Å². The average molecular weight is 342 g/mol. The summed E-state index contributed by atoms with van der Waals surface area (Å²) < 4.78 is 5.20. The van der Waals surface area contributed by atoms with Crippen molar-refractivity contribution in [1.82, 2.24) is 0 Å². The largest absolute Gasteiger partial charge is 0.504 e. The molecular weight excluding hydrogens is 320 g/mol. The van der Waals surface area contributed by atoms with E-state index < -0.39 is 23.3 Å². The normalized spacial score (nSPS) is 14.5. The van der Waals surface area contributed by atoms with Crippen molar-refractivity contribution >= 4 is 17.5 Å². The number of esters is 1. The number of allylic oxidation sites excluding steroid dienone is 2. The molecule has 1 aromatic rings. The van der Waals surface area contributed by atoms with Crippen LogP contribution in [0.1, 0.15) is 38.2 Å². The molecule has 0 atom stereocenters. The van der Waals surface area contributed by atoms with Crippen molar-refractivity contribution in [2.45, 2.75) is 39.0 Å². The maximum Gasteiger partial charge on any atom is 0.342 e. The van der Waals surface area contributed by atoms with E-state index in [-0.39, 0.29) is 24.2 Å². The second-order valence-corrected chi connectivity index (χ2v) is 5.91. The fraction of sp³-hybridized carbons (Fsp3) is 0.350. The summed E-state index contributed by atoms with van der Waals surface area (Å²) in [6.07, 6.45) is 4.06. The fourth-order valence-corrected chi connectivity index (χ4v) is 2.67. The van der Waals surface area contributed by atoms with Gasteiger partial charge >= 0.3 is 5.97 Å². The highest BCUT2D eigenvalue weighted by atomic mass is 16.5. The molecule has 2 rings (SSSR count). The van der Waals surface area contributed by atoms with Crippen LogP contribution < -0.4 is 0 Å². The van der Waals surface area contributed by atoms with Crippen LogP contribution in [-0.2, 0) is 25.5 Å². The van der Waals surface area contributed by atoms with Crippen LogP contribution >= 0.6 is 0 Å². The number of aliphatic hydroxyl groups excluding tert-OH is 1. The summed E-state index contributed by atoms with van der Waals surface area (Å²) in [6.45, 7) is 2.13. The molecule has 1 aromatic carbocycles. The van der Waals surface area contributed by atoms with Crippen LogP contribution in [0.25, 0.3) is 0 Å². The van der Waals surface area contributed by atoms with E-state index in [0.29, 0.717) is 12.8 Å². The Morgan fingerprint density at radius 3 is 2.48 bits per heavy atom. The monoisotopic (exact) mass is 342 g/mol. The standard InChI is InChI=1S/C20H22O5/c1-2-3-5-10-15-18(16(21)13-17(22)19(15)23)20(24)25-12-11-14-8-6-4-7-9-14/h4,6-9,13,22H,2-3,5,10-12H2,1H3. The van der Waals surface area contributed by atoms with Gasteiger partial charge in [-0.3, -0.25) is 9.59 Å². The summed E-state index contributed by atoms with van der Waals surface area (Å²) >= 11 is 0. The zero-order chi connectivity index (χ0) is 18.2. The predicted molar refractivity (Wildman–Crippen MR) is 93.0 cm³/mol. The molecule has 0 radical (unpaired) electrons. The number of Topliss-reactive ketones (excluding diaryl/α,β-unsaturated/α-hetero) is 1. The molecular formula is C20H22O5. The summed E-state index contributed by atoms with van der Waals surface area (Å²) in [5, 5.41) is 9.60. The van der Waals surface area contributed by atoms with E-state index >= 15 is 0 Å². The Morgan fingerprint density at radius 2 is 1.80 bits per heavy atom. The van der Waals surface area contributed by atoms with Gasteiger partial charge in [0.2, 0.25) is 5.78 Å². The van der Waals surface area contributed by atoms with Crippen LogP contribution in [0.15, 0.2) is 53.3 Å². The lowest BCUT2D eigenvalue weighted by molar-refractivity contribution is -0.140. The van der Waals surface area contributed by atoms with Crippen molar-refractivity contribution in [2.75, 3.05) is 6.61 Å². The highest BCUT2D eigenvalue weighted by Gasteiger charge is 2.32. The molecule has 0 bridgehead atoms. The molecule has 0 fully saturated rings. The van der Waals surface area contributed by atoms with Crippen LogP contribution in [0, 0.1) is 0 Å². The van der Waals surface area contributed by atoms with E-state index in [1.54, 1.807) is 0 Å². The SMILES string of the molecule is CCCCCC1=C(C(=O)OCCc2ccccc2)C(=O)C=C(O)C1=O. The number of aliphatic hydroxyl groups is 1. The number of carbonyl (C=O) groups excluding carboxylic acids is 3. The van der Waals surface area contributed by atoms with Crippen molar-refractivity contribution in [2.24, 2.45) is 0 Å². The first-order valence-electron chi connectivity index (χ1n) is 8.48. The second-order valence-electron chi connectivity index (χ2n) is 5.91. The minimum Gasteiger partial charge on any atom is -0.504 e. The minimum absolute atomic E-state index is 0.0585. The molecule has 132 valence electrons. The highest BCUT2D eigenvalue weighted by Crippen LogP contribution is 2.24. The lowest BCUT2D eigenvalue weighted by Crippen LogP contribution is -2.26. The third-order valence-electron chi connectivity index (χ3n) is 4.02. The van der Waals surface area contributed by atoms with Crippen molar-refractivity contribution < 1.29 is 24.2 Å². The summed E-state index contributed by atoms with van der Waals surface area (Å²) in [5.41, 5.74) is 0.825. The zero-order valence-corrected chi connectivity index (χ0v) is 14.3. The number of rotatable bonds is 8. The quantitative estimate of drug-likeness (QED) is 0.339. The van der Waals surface area contributed by atoms with Crippen molar-refractivity contribution in [3.8, 4) is 0 Å². The molecule has 5 nitrogen and oxygen atoms in total. The first-order chi connectivity index (χ1) is 12.0. The molecule has 0 saturated carbocycles. The molecule has 0 aromatic heterocycles. The molecule has 0 heterocycles. The van der Waals surface area contributed by atoms with Gasteiger partial charge in [-0.2, -0.15) is 0 Å². The maximum absolute atomic E-state index is 12.3. The molecule has 0 aliphatic heterocycles. The van der Waals surface area contributed by atoms with Crippen LogP contribution in [0.5, 0.6) is 0 Å². The minimum atomic E-state index is -0.801. The highest BCUT2D eigenvalue weighted by molar-refractivity contribution is 6.31. The van der Waals surface area contributed by atoms with Crippen molar-refractivity contribution in [1.29, 1.82) is 0 Å². The lowest BCUT2D eigenvalue weighted by atomic mass is 9.90. The van der Waals surface area contributed by atoms with Gasteiger partial charge in [-0.15, -0.1) is 0 Å². The number of hydrogen-bond acceptors (Lipinski definition) is 5. The van der Waals surface area contributed by atoms with E-state index in [2.05, 4.69) is 0 Å². The van der Waals surface area contributed by atoms with Gasteiger partial charge in [-0.05, 0) is 18.4 Å². The molecule has 1 aliphatic carbocycles. The Hall–Kier alpha value is -2.69. The van der Waals surface area contributed by atoms with Gasteiger partial charge < -0.3 is 9.84 Å². The lowest BCUT2D eigenvalue weighted by Gasteiger charge is -2.16. The topological polar surface area (TPSA) is 80.7 Å². The molecule has 5 heteroatoms. The first kappa shape index (κ1) is 18.6. The third kappa shape index (κ3) is 4.89. The number of benzene rings is 1. The molecule has 1 aliphatic rings. The predicted octanol–water partition coefficient (Wildman–Crippen LogP) is 3.24. The van der Waals surface area contributed by atoms with E-state index in [0.717, 1.165) is 24.5 Å². The molecule has 0 saturated heterocycles.